The molecule has 0 aromatic heterocycles. The Bertz CT molecular complexity index is 992. The van der Waals surface area contributed by atoms with Crippen LogP contribution in [0.3, 0.4) is 0 Å². The molecule has 2 aliphatic rings. The van der Waals surface area contributed by atoms with Gasteiger partial charge in [0.15, 0.2) is 11.5 Å². The van der Waals surface area contributed by atoms with Gasteiger partial charge in [-0.25, -0.2) is 0 Å². The van der Waals surface area contributed by atoms with Gasteiger partial charge in [0, 0.05) is 24.9 Å². The topological polar surface area (TPSA) is 67.9 Å². The standard InChI is InChI=1S/C24H27ClN2O4/c1-15(2)23(16-7-9-20-21(14-16)31-12-4-11-30-20)26-24(29)17-6-8-18(25)19(13-17)27-10-3-5-22(27)28/h6-9,13-15,23H,3-5,10-12H2,1-2H3,(H,26,29). The van der Waals surface area contributed by atoms with E-state index in [-0.39, 0.29) is 23.8 Å². The zero-order valence-electron chi connectivity index (χ0n) is 17.8. The third-order valence-corrected chi connectivity index (χ3v) is 5.98. The number of fused-ring (bicyclic) bond motifs is 1. The van der Waals surface area contributed by atoms with Crippen molar-refractivity contribution >= 4 is 29.1 Å². The van der Waals surface area contributed by atoms with Gasteiger partial charge in [-0.15, -0.1) is 0 Å². The number of hydrogen-bond donors (Lipinski definition) is 1. The average Bonchev–Trinajstić information content (AvgIpc) is 3.04. The number of anilines is 1. The maximum atomic E-state index is 13.1. The van der Waals surface area contributed by atoms with E-state index in [1.807, 2.05) is 18.2 Å². The minimum atomic E-state index is -0.213. The molecule has 2 heterocycles. The van der Waals surface area contributed by atoms with Gasteiger partial charge in [0.2, 0.25) is 5.91 Å². The lowest BCUT2D eigenvalue weighted by Gasteiger charge is -2.24. The Kier molecular flexibility index (Phi) is 6.37. The van der Waals surface area contributed by atoms with E-state index in [9.17, 15) is 9.59 Å². The van der Waals surface area contributed by atoms with E-state index in [0.717, 1.165) is 24.2 Å². The molecule has 7 heteroatoms. The number of amides is 2. The molecule has 1 N–H and O–H groups in total. The molecule has 0 spiro atoms. The monoisotopic (exact) mass is 442 g/mol. The fourth-order valence-corrected chi connectivity index (χ4v) is 4.22. The van der Waals surface area contributed by atoms with Crippen molar-refractivity contribution in [3.63, 3.8) is 0 Å². The van der Waals surface area contributed by atoms with E-state index >= 15 is 0 Å². The summed E-state index contributed by atoms with van der Waals surface area (Å²) in [7, 11) is 0. The van der Waals surface area contributed by atoms with E-state index in [2.05, 4.69) is 19.2 Å². The van der Waals surface area contributed by atoms with E-state index < -0.39 is 0 Å². The number of halogens is 1. The van der Waals surface area contributed by atoms with Gasteiger partial charge in [-0.2, -0.15) is 0 Å². The van der Waals surface area contributed by atoms with Crippen molar-refractivity contribution in [2.75, 3.05) is 24.7 Å². The fourth-order valence-electron chi connectivity index (χ4n) is 4.00. The lowest BCUT2D eigenvalue weighted by Crippen LogP contribution is -2.32. The Balaban J connectivity index is 1.57. The van der Waals surface area contributed by atoms with E-state index in [0.29, 0.717) is 48.2 Å². The lowest BCUT2D eigenvalue weighted by atomic mass is 9.95. The normalized spacial score (nSPS) is 16.9. The first kappa shape index (κ1) is 21.5. The summed E-state index contributed by atoms with van der Waals surface area (Å²) in [6.45, 7) is 5.98. The largest absolute Gasteiger partial charge is 0.490 e. The van der Waals surface area contributed by atoms with Crippen LogP contribution in [0.2, 0.25) is 5.02 Å². The highest BCUT2D eigenvalue weighted by molar-refractivity contribution is 6.34. The highest BCUT2D eigenvalue weighted by atomic mass is 35.5. The molecule has 2 amide bonds. The summed E-state index contributed by atoms with van der Waals surface area (Å²) in [5.41, 5.74) is 2.02. The van der Waals surface area contributed by atoms with Crippen molar-refractivity contribution in [1.82, 2.24) is 5.32 Å². The summed E-state index contributed by atoms with van der Waals surface area (Å²) < 4.78 is 11.5. The molecule has 0 bridgehead atoms. The number of carbonyl (C=O) groups is 2. The van der Waals surface area contributed by atoms with Crippen LogP contribution in [0.5, 0.6) is 11.5 Å². The maximum Gasteiger partial charge on any atom is 0.251 e. The van der Waals surface area contributed by atoms with E-state index in [1.54, 1.807) is 23.1 Å². The van der Waals surface area contributed by atoms with Crippen LogP contribution < -0.4 is 19.7 Å². The highest BCUT2D eigenvalue weighted by Crippen LogP contribution is 2.35. The Labute approximate surface area is 187 Å². The van der Waals surface area contributed by atoms with Gasteiger partial charge >= 0.3 is 0 Å². The summed E-state index contributed by atoms with van der Waals surface area (Å²) in [5, 5.41) is 3.61. The van der Waals surface area contributed by atoms with Crippen molar-refractivity contribution in [2.45, 2.75) is 39.2 Å². The molecule has 0 radical (unpaired) electrons. The first-order chi connectivity index (χ1) is 14.9. The van der Waals surface area contributed by atoms with Crippen LogP contribution in [0.25, 0.3) is 0 Å². The molecule has 1 fully saturated rings. The Morgan fingerprint density at radius 1 is 1.06 bits per heavy atom. The third-order valence-electron chi connectivity index (χ3n) is 5.66. The van der Waals surface area contributed by atoms with Crippen molar-refractivity contribution in [1.29, 1.82) is 0 Å². The minimum absolute atomic E-state index is 0.0340. The predicted molar refractivity (Wildman–Crippen MR) is 120 cm³/mol. The number of hydrogen-bond acceptors (Lipinski definition) is 4. The van der Waals surface area contributed by atoms with Gasteiger partial charge in [-0.3, -0.25) is 9.59 Å². The molecule has 2 aromatic rings. The van der Waals surface area contributed by atoms with Gasteiger partial charge in [-0.05, 0) is 48.2 Å². The SMILES string of the molecule is CC(C)C(NC(=O)c1ccc(Cl)c(N2CCCC2=O)c1)c1ccc2c(c1)OCCCO2. The number of nitrogens with zero attached hydrogens (tertiary/aromatic N) is 1. The summed E-state index contributed by atoms with van der Waals surface area (Å²) in [5.74, 6) is 1.41. The van der Waals surface area contributed by atoms with E-state index in [4.69, 9.17) is 21.1 Å². The first-order valence-electron chi connectivity index (χ1n) is 10.7. The summed E-state index contributed by atoms with van der Waals surface area (Å²) in [6, 6.07) is 10.7. The number of ether oxygens (including phenoxy) is 2. The number of carbonyl (C=O) groups excluding carboxylic acids is 2. The van der Waals surface area contributed by atoms with Crippen molar-refractivity contribution < 1.29 is 19.1 Å². The maximum absolute atomic E-state index is 13.1. The second kappa shape index (κ2) is 9.18. The average molecular weight is 443 g/mol. The Morgan fingerprint density at radius 3 is 2.55 bits per heavy atom. The number of rotatable bonds is 5. The third kappa shape index (κ3) is 4.64. The molecule has 2 aliphatic heterocycles. The van der Waals surface area contributed by atoms with Gasteiger partial charge < -0.3 is 19.7 Å². The lowest BCUT2D eigenvalue weighted by molar-refractivity contribution is -0.117. The van der Waals surface area contributed by atoms with Crippen LogP contribution in [0.1, 0.15) is 55.1 Å². The van der Waals surface area contributed by atoms with Gasteiger partial charge in [0.05, 0.1) is 30.0 Å². The number of nitrogens with one attached hydrogen (secondary N) is 1. The Hall–Kier alpha value is -2.73. The van der Waals surface area contributed by atoms with Gasteiger partial charge in [0.1, 0.15) is 0 Å². The summed E-state index contributed by atoms with van der Waals surface area (Å²) in [4.78, 5) is 26.9. The second-order valence-electron chi connectivity index (χ2n) is 8.27. The van der Waals surface area contributed by atoms with Crippen LogP contribution in [0.4, 0.5) is 5.69 Å². The smallest absolute Gasteiger partial charge is 0.251 e. The molecule has 4 rings (SSSR count). The highest BCUT2D eigenvalue weighted by Gasteiger charge is 2.26. The van der Waals surface area contributed by atoms with Crippen molar-refractivity contribution in [3.05, 3.63) is 52.5 Å². The van der Waals surface area contributed by atoms with Crippen LogP contribution in [0.15, 0.2) is 36.4 Å². The molecule has 2 aromatic carbocycles. The van der Waals surface area contributed by atoms with Crippen LogP contribution >= 0.6 is 11.6 Å². The molecule has 1 atom stereocenters. The minimum Gasteiger partial charge on any atom is -0.490 e. The molecule has 31 heavy (non-hydrogen) atoms. The van der Waals surface area contributed by atoms with Crippen LogP contribution in [0, 0.1) is 5.92 Å². The van der Waals surface area contributed by atoms with Crippen molar-refractivity contribution in [3.8, 4) is 11.5 Å². The molecule has 0 aliphatic carbocycles. The first-order valence-corrected chi connectivity index (χ1v) is 11.1. The second-order valence-corrected chi connectivity index (χ2v) is 8.67. The quantitative estimate of drug-likeness (QED) is 0.725. The molecular weight excluding hydrogens is 416 g/mol. The molecule has 1 unspecified atom stereocenters. The zero-order valence-corrected chi connectivity index (χ0v) is 18.6. The Morgan fingerprint density at radius 2 is 1.84 bits per heavy atom. The zero-order chi connectivity index (χ0) is 22.0. The molecule has 6 nitrogen and oxygen atoms in total. The molecular formula is C24H27ClN2O4. The molecule has 0 saturated carbocycles. The van der Waals surface area contributed by atoms with E-state index in [1.165, 1.54) is 0 Å². The summed E-state index contributed by atoms with van der Waals surface area (Å²) >= 11 is 6.33. The number of benzene rings is 2. The van der Waals surface area contributed by atoms with Crippen LogP contribution in [-0.2, 0) is 4.79 Å². The van der Waals surface area contributed by atoms with Crippen LogP contribution in [-0.4, -0.2) is 31.6 Å². The summed E-state index contributed by atoms with van der Waals surface area (Å²) in [6.07, 6.45) is 2.14. The van der Waals surface area contributed by atoms with Gasteiger partial charge in [0.25, 0.3) is 5.91 Å². The predicted octanol–water partition coefficient (Wildman–Crippen LogP) is 4.76. The fraction of sp³-hybridized carbons (Fsp3) is 0.417. The van der Waals surface area contributed by atoms with Gasteiger partial charge in [-0.1, -0.05) is 31.5 Å². The van der Waals surface area contributed by atoms with Crippen molar-refractivity contribution in [2.24, 2.45) is 5.92 Å². The molecule has 164 valence electrons. The molecule has 1 saturated heterocycles.